The second kappa shape index (κ2) is 12.7. The maximum Gasteiger partial charge on any atom is 0.407 e. The maximum atomic E-state index is 13.5. The van der Waals surface area contributed by atoms with Crippen molar-refractivity contribution in [3.63, 3.8) is 0 Å². The van der Waals surface area contributed by atoms with Gasteiger partial charge in [0.15, 0.2) is 5.78 Å². The molecule has 3 atom stereocenters. The number of benzene rings is 1. The molecule has 1 aromatic rings. The first-order valence-electron chi connectivity index (χ1n) is 13.6. The van der Waals surface area contributed by atoms with E-state index in [-0.39, 0.29) is 29.6 Å². The Morgan fingerprint density at radius 3 is 2.44 bits per heavy atom. The SMILES string of the molecule is CC(C)C[C@H](NC(=O)[C@@H]1CCCC[C@@H]1NC(=O)OC(C)(C)C)C(=O)CN1CCCc2ccccc2C1. The van der Waals surface area contributed by atoms with Gasteiger partial charge in [-0.15, -0.1) is 0 Å². The summed E-state index contributed by atoms with van der Waals surface area (Å²) in [7, 11) is 0. The summed E-state index contributed by atoms with van der Waals surface area (Å²) in [6.45, 7) is 11.6. The van der Waals surface area contributed by atoms with Crippen LogP contribution in [0.1, 0.15) is 84.3 Å². The van der Waals surface area contributed by atoms with Crippen molar-refractivity contribution in [3.05, 3.63) is 35.4 Å². The Kier molecular flexibility index (Phi) is 9.94. The molecular weight excluding hydrogens is 454 g/mol. The zero-order valence-electron chi connectivity index (χ0n) is 22.8. The molecule has 0 spiro atoms. The van der Waals surface area contributed by atoms with E-state index in [9.17, 15) is 14.4 Å². The highest BCUT2D eigenvalue weighted by Gasteiger charge is 2.35. The van der Waals surface area contributed by atoms with Crippen molar-refractivity contribution in [2.24, 2.45) is 11.8 Å². The van der Waals surface area contributed by atoms with Gasteiger partial charge in [-0.25, -0.2) is 4.79 Å². The van der Waals surface area contributed by atoms with Crippen molar-refractivity contribution < 1.29 is 19.1 Å². The van der Waals surface area contributed by atoms with Crippen molar-refractivity contribution in [1.29, 1.82) is 0 Å². The van der Waals surface area contributed by atoms with Gasteiger partial charge < -0.3 is 15.4 Å². The third kappa shape index (κ3) is 8.61. The number of carbonyl (C=O) groups is 3. The minimum absolute atomic E-state index is 0.0592. The molecule has 0 aromatic heterocycles. The largest absolute Gasteiger partial charge is 0.444 e. The number of amides is 2. The molecule has 1 aliphatic heterocycles. The fraction of sp³-hybridized carbons (Fsp3) is 0.690. The average molecular weight is 500 g/mol. The average Bonchev–Trinajstić information content (AvgIpc) is 2.99. The summed E-state index contributed by atoms with van der Waals surface area (Å²) < 4.78 is 5.42. The number of nitrogens with zero attached hydrogens (tertiary/aromatic N) is 1. The molecule has 0 saturated heterocycles. The van der Waals surface area contributed by atoms with Crippen LogP contribution in [0.4, 0.5) is 4.79 Å². The van der Waals surface area contributed by atoms with E-state index in [1.165, 1.54) is 11.1 Å². The van der Waals surface area contributed by atoms with Gasteiger partial charge in [0, 0.05) is 12.6 Å². The third-order valence-corrected chi connectivity index (χ3v) is 7.03. The highest BCUT2D eigenvalue weighted by Crippen LogP contribution is 2.26. The van der Waals surface area contributed by atoms with Crippen molar-refractivity contribution in [2.75, 3.05) is 13.1 Å². The molecule has 200 valence electrons. The molecular formula is C29H45N3O4. The first-order valence-corrected chi connectivity index (χ1v) is 13.6. The predicted molar refractivity (Wildman–Crippen MR) is 142 cm³/mol. The summed E-state index contributed by atoms with van der Waals surface area (Å²) in [4.78, 5) is 41.5. The fourth-order valence-corrected chi connectivity index (χ4v) is 5.33. The Bertz CT molecular complexity index is 908. The standard InChI is InChI=1S/C29H45N3O4/c1-20(2)17-25(26(33)19-32-16-10-13-21-11-6-7-12-22(21)18-32)30-27(34)23-14-8-9-15-24(23)31-28(35)36-29(3,4)5/h6-7,11-12,20,23-25H,8-10,13-19H2,1-5H3,(H,30,34)(H,31,35)/t23-,24+,25+/m1/s1. The molecule has 36 heavy (non-hydrogen) atoms. The number of nitrogens with one attached hydrogen (secondary N) is 2. The number of ether oxygens (including phenoxy) is 1. The molecule has 7 nitrogen and oxygen atoms in total. The van der Waals surface area contributed by atoms with E-state index >= 15 is 0 Å². The van der Waals surface area contributed by atoms with Crippen LogP contribution >= 0.6 is 0 Å². The molecule has 1 fully saturated rings. The monoisotopic (exact) mass is 499 g/mol. The van der Waals surface area contributed by atoms with E-state index in [1.54, 1.807) is 0 Å². The molecule has 0 radical (unpaired) electrons. The number of hydrogen-bond acceptors (Lipinski definition) is 5. The van der Waals surface area contributed by atoms with Crippen LogP contribution < -0.4 is 10.6 Å². The summed E-state index contributed by atoms with van der Waals surface area (Å²) >= 11 is 0. The van der Waals surface area contributed by atoms with Crippen LogP contribution in [0.25, 0.3) is 0 Å². The lowest BCUT2D eigenvalue weighted by Crippen LogP contribution is -2.53. The van der Waals surface area contributed by atoms with E-state index in [4.69, 9.17) is 4.74 Å². The lowest BCUT2D eigenvalue weighted by Gasteiger charge is -2.33. The zero-order chi connectivity index (χ0) is 26.3. The number of alkyl carbamates (subject to hydrolysis) is 1. The molecule has 2 amide bonds. The van der Waals surface area contributed by atoms with Gasteiger partial charge in [-0.05, 0) is 76.5 Å². The summed E-state index contributed by atoms with van der Waals surface area (Å²) in [5.41, 5.74) is 2.05. The third-order valence-electron chi connectivity index (χ3n) is 7.03. The molecule has 2 aliphatic rings. The molecule has 7 heteroatoms. The van der Waals surface area contributed by atoms with Gasteiger partial charge in [0.05, 0.1) is 18.5 Å². The highest BCUT2D eigenvalue weighted by atomic mass is 16.6. The van der Waals surface area contributed by atoms with Gasteiger partial charge in [0.1, 0.15) is 5.60 Å². The first kappa shape index (κ1) is 28.2. The van der Waals surface area contributed by atoms with Gasteiger partial charge in [0.2, 0.25) is 5.91 Å². The Hall–Kier alpha value is -2.41. The van der Waals surface area contributed by atoms with Gasteiger partial charge >= 0.3 is 6.09 Å². The highest BCUT2D eigenvalue weighted by molar-refractivity contribution is 5.91. The number of fused-ring (bicyclic) bond motifs is 1. The van der Waals surface area contributed by atoms with E-state index in [0.717, 1.165) is 45.2 Å². The fourth-order valence-electron chi connectivity index (χ4n) is 5.33. The number of hydrogen-bond donors (Lipinski definition) is 2. The van der Waals surface area contributed by atoms with Crippen LogP contribution in [-0.4, -0.2) is 53.5 Å². The topological polar surface area (TPSA) is 87.7 Å². The Morgan fingerprint density at radius 1 is 1.06 bits per heavy atom. The summed E-state index contributed by atoms with van der Waals surface area (Å²) in [5.74, 6) is -0.176. The number of Topliss-reactive ketones (excluding diaryl/α,β-unsaturated/α-hetero) is 1. The Labute approximate surface area is 216 Å². The first-order chi connectivity index (χ1) is 17.0. The lowest BCUT2D eigenvalue weighted by molar-refractivity contribution is -0.132. The molecule has 2 N–H and O–H groups in total. The van der Waals surface area contributed by atoms with Gasteiger partial charge in [-0.3, -0.25) is 14.5 Å². The second-order valence-corrected chi connectivity index (χ2v) is 11.9. The minimum atomic E-state index is -0.598. The molecule has 0 unspecified atom stereocenters. The van der Waals surface area contributed by atoms with E-state index in [1.807, 2.05) is 20.8 Å². The number of rotatable bonds is 8. The van der Waals surface area contributed by atoms with Crippen molar-refractivity contribution in [2.45, 2.75) is 104 Å². The maximum absolute atomic E-state index is 13.5. The number of carbonyl (C=O) groups excluding carboxylic acids is 3. The number of aryl methyl sites for hydroxylation is 1. The van der Waals surface area contributed by atoms with Gasteiger partial charge in [0.25, 0.3) is 0 Å². The smallest absolute Gasteiger partial charge is 0.407 e. The summed E-state index contributed by atoms with van der Waals surface area (Å²) in [6, 6.07) is 7.63. The summed E-state index contributed by atoms with van der Waals surface area (Å²) in [6.07, 6.45) is 5.46. The second-order valence-electron chi connectivity index (χ2n) is 11.9. The van der Waals surface area contributed by atoms with Crippen LogP contribution in [-0.2, 0) is 27.3 Å². The molecule has 1 aliphatic carbocycles. The Balaban J connectivity index is 1.64. The van der Waals surface area contributed by atoms with Crippen molar-refractivity contribution >= 4 is 17.8 Å². The van der Waals surface area contributed by atoms with E-state index in [2.05, 4.69) is 53.6 Å². The lowest BCUT2D eigenvalue weighted by atomic mass is 9.83. The molecule has 1 aromatic carbocycles. The molecule has 3 rings (SSSR count). The normalized spacial score (nSPS) is 21.7. The molecule has 1 heterocycles. The van der Waals surface area contributed by atoms with Crippen LogP contribution in [0.15, 0.2) is 24.3 Å². The molecule has 0 bridgehead atoms. The quantitative estimate of drug-likeness (QED) is 0.545. The zero-order valence-corrected chi connectivity index (χ0v) is 22.8. The molecule has 1 saturated carbocycles. The van der Waals surface area contributed by atoms with Crippen LogP contribution in [0, 0.1) is 11.8 Å². The van der Waals surface area contributed by atoms with E-state index < -0.39 is 17.7 Å². The van der Waals surface area contributed by atoms with Crippen LogP contribution in [0.2, 0.25) is 0 Å². The van der Waals surface area contributed by atoms with Crippen LogP contribution in [0.3, 0.4) is 0 Å². The van der Waals surface area contributed by atoms with Crippen molar-refractivity contribution in [1.82, 2.24) is 15.5 Å². The number of ketones is 1. The van der Waals surface area contributed by atoms with Gasteiger partial charge in [-0.1, -0.05) is 51.0 Å². The van der Waals surface area contributed by atoms with Crippen LogP contribution in [0.5, 0.6) is 0 Å². The Morgan fingerprint density at radius 2 is 1.75 bits per heavy atom. The van der Waals surface area contributed by atoms with Crippen molar-refractivity contribution in [3.8, 4) is 0 Å². The van der Waals surface area contributed by atoms with E-state index in [0.29, 0.717) is 19.4 Å². The predicted octanol–water partition coefficient (Wildman–Crippen LogP) is 4.62. The van der Waals surface area contributed by atoms with Gasteiger partial charge in [-0.2, -0.15) is 0 Å². The minimum Gasteiger partial charge on any atom is -0.444 e. The summed E-state index contributed by atoms with van der Waals surface area (Å²) in [5, 5.41) is 6.00.